The minimum atomic E-state index is -1.68. The first kappa shape index (κ1) is 14.4. The Morgan fingerprint density at radius 1 is 1.35 bits per heavy atom. The largest absolute Gasteiger partial charge is 0.479 e. The van der Waals surface area contributed by atoms with E-state index >= 15 is 0 Å². The van der Waals surface area contributed by atoms with Gasteiger partial charge in [0.05, 0.1) is 10.5 Å². The highest BCUT2D eigenvalue weighted by atomic mass is 16.8. The summed E-state index contributed by atoms with van der Waals surface area (Å²) in [5.74, 6) is -2.37. The lowest BCUT2D eigenvalue weighted by atomic mass is 9.92. The molecule has 1 aromatic carbocycles. The van der Waals surface area contributed by atoms with Crippen LogP contribution in [0, 0.1) is 10.1 Å². The number of nitro groups is 1. The predicted molar refractivity (Wildman–Crippen MR) is 68.1 cm³/mol. The average molecular weight is 281 g/mol. The number of aliphatic carboxylic acids is 1. The van der Waals surface area contributed by atoms with Crippen LogP contribution in [0.15, 0.2) is 24.3 Å². The van der Waals surface area contributed by atoms with Crippen LogP contribution in [0.4, 0.5) is 5.69 Å². The highest BCUT2D eigenvalue weighted by Crippen LogP contribution is 2.47. The summed E-state index contributed by atoms with van der Waals surface area (Å²) < 4.78 is 11.1. The lowest BCUT2D eigenvalue weighted by molar-refractivity contribution is -0.386. The van der Waals surface area contributed by atoms with Crippen molar-refractivity contribution in [3.8, 4) is 0 Å². The van der Waals surface area contributed by atoms with E-state index in [9.17, 15) is 20.0 Å². The van der Waals surface area contributed by atoms with E-state index in [-0.39, 0.29) is 11.3 Å². The van der Waals surface area contributed by atoms with Crippen molar-refractivity contribution < 1.29 is 24.3 Å². The van der Waals surface area contributed by atoms with Crippen molar-refractivity contribution in [1.29, 1.82) is 0 Å². The second kappa shape index (κ2) is 4.53. The van der Waals surface area contributed by atoms with Gasteiger partial charge in [0.1, 0.15) is 6.10 Å². The Morgan fingerprint density at radius 3 is 2.50 bits per heavy atom. The van der Waals surface area contributed by atoms with E-state index in [1.54, 1.807) is 19.9 Å². The minimum Gasteiger partial charge on any atom is -0.479 e. The van der Waals surface area contributed by atoms with Gasteiger partial charge in [-0.3, -0.25) is 10.1 Å². The first-order valence-corrected chi connectivity index (χ1v) is 6.02. The fourth-order valence-corrected chi connectivity index (χ4v) is 2.38. The molecule has 0 radical (unpaired) electrons. The molecule has 1 fully saturated rings. The smallest absolute Gasteiger partial charge is 0.338 e. The average Bonchev–Trinajstić information content (AvgIpc) is 2.60. The number of hydrogen-bond donors (Lipinski definition) is 1. The van der Waals surface area contributed by atoms with Crippen LogP contribution in [0.25, 0.3) is 0 Å². The van der Waals surface area contributed by atoms with Crippen molar-refractivity contribution in [1.82, 2.24) is 0 Å². The van der Waals surface area contributed by atoms with Crippen LogP contribution in [0.2, 0.25) is 0 Å². The molecule has 1 aliphatic rings. The molecule has 2 rings (SSSR count). The van der Waals surface area contributed by atoms with E-state index in [0.29, 0.717) is 0 Å². The number of benzene rings is 1. The molecule has 7 nitrogen and oxygen atoms in total. The summed E-state index contributed by atoms with van der Waals surface area (Å²) in [6.07, 6.45) is -1.06. The van der Waals surface area contributed by atoms with E-state index in [0.717, 1.165) is 0 Å². The molecule has 0 spiro atoms. The minimum absolute atomic E-state index is 0.188. The maximum absolute atomic E-state index is 11.5. The first-order chi connectivity index (χ1) is 9.17. The number of carbonyl (C=O) groups is 1. The molecule has 108 valence electrons. The van der Waals surface area contributed by atoms with Gasteiger partial charge >= 0.3 is 5.97 Å². The number of rotatable bonds is 3. The second-order valence-electron chi connectivity index (χ2n) is 5.23. The van der Waals surface area contributed by atoms with Crippen molar-refractivity contribution in [2.75, 3.05) is 0 Å². The fraction of sp³-hybridized carbons (Fsp3) is 0.462. The van der Waals surface area contributed by atoms with Crippen LogP contribution in [-0.4, -0.2) is 27.4 Å². The van der Waals surface area contributed by atoms with Gasteiger partial charge in [0.25, 0.3) is 5.69 Å². The Labute approximate surface area is 115 Å². The van der Waals surface area contributed by atoms with Gasteiger partial charge in [-0.05, 0) is 26.8 Å². The van der Waals surface area contributed by atoms with Crippen molar-refractivity contribution in [3.05, 3.63) is 39.9 Å². The highest BCUT2D eigenvalue weighted by Gasteiger charge is 2.57. The van der Waals surface area contributed by atoms with Crippen LogP contribution < -0.4 is 0 Å². The van der Waals surface area contributed by atoms with Gasteiger partial charge in [-0.15, -0.1) is 0 Å². The Hall–Kier alpha value is -1.99. The summed E-state index contributed by atoms with van der Waals surface area (Å²) in [4.78, 5) is 22.0. The maximum Gasteiger partial charge on any atom is 0.338 e. The Kier molecular flexibility index (Phi) is 3.27. The molecule has 1 aromatic rings. The Bertz CT molecular complexity index is 570. The number of carboxylic acid groups (broad SMARTS) is 1. The molecule has 0 aliphatic carbocycles. The zero-order valence-corrected chi connectivity index (χ0v) is 11.3. The number of nitrogens with zero attached hydrogens (tertiary/aromatic N) is 1. The lowest BCUT2D eigenvalue weighted by Crippen LogP contribution is -2.41. The number of hydrogen-bond acceptors (Lipinski definition) is 5. The number of carboxylic acids is 1. The summed E-state index contributed by atoms with van der Waals surface area (Å²) in [7, 11) is 0. The monoisotopic (exact) mass is 281 g/mol. The normalized spacial score (nSPS) is 28.2. The third-order valence-corrected chi connectivity index (χ3v) is 3.20. The molecular weight excluding hydrogens is 266 g/mol. The molecule has 1 heterocycles. The maximum atomic E-state index is 11.5. The highest BCUT2D eigenvalue weighted by molar-refractivity contribution is 5.79. The summed E-state index contributed by atoms with van der Waals surface area (Å²) in [6, 6.07) is 5.90. The SMILES string of the molecule is CC1(C)O[C@H](c2ccccc2[N+](=O)[O-])[C@@](C)(C(=O)O)O1. The standard InChI is InChI=1S/C13H15NO6/c1-12(2)19-10(13(3,20-12)11(15)16)8-6-4-5-7-9(8)14(17)18/h4-7,10H,1-3H3,(H,15,16)/t10-,13+/m1/s1. The molecule has 20 heavy (non-hydrogen) atoms. The summed E-state index contributed by atoms with van der Waals surface area (Å²) in [6.45, 7) is 4.50. The van der Waals surface area contributed by atoms with Crippen LogP contribution in [0.1, 0.15) is 32.4 Å². The molecule has 0 amide bonds. The lowest BCUT2D eigenvalue weighted by Gasteiger charge is -2.24. The third kappa shape index (κ3) is 2.25. The zero-order valence-electron chi connectivity index (χ0n) is 11.3. The molecule has 0 saturated carbocycles. The molecule has 0 unspecified atom stereocenters. The number of para-hydroxylation sites is 1. The van der Waals surface area contributed by atoms with Gasteiger partial charge in [0.2, 0.25) is 0 Å². The number of ether oxygens (including phenoxy) is 2. The summed E-state index contributed by atoms with van der Waals surface area (Å²) in [5.41, 5.74) is -1.69. The Morgan fingerprint density at radius 2 is 1.95 bits per heavy atom. The van der Waals surface area contributed by atoms with Crippen LogP contribution in [-0.2, 0) is 14.3 Å². The van der Waals surface area contributed by atoms with Gasteiger partial charge < -0.3 is 14.6 Å². The molecule has 0 aromatic heterocycles. The molecule has 0 bridgehead atoms. The van der Waals surface area contributed by atoms with Crippen molar-refractivity contribution in [3.63, 3.8) is 0 Å². The Balaban J connectivity index is 2.56. The molecule has 1 N–H and O–H groups in total. The van der Waals surface area contributed by atoms with Crippen molar-refractivity contribution in [2.45, 2.75) is 38.3 Å². The number of nitro benzene ring substituents is 1. The first-order valence-electron chi connectivity index (χ1n) is 6.02. The molecule has 7 heteroatoms. The fourth-order valence-electron chi connectivity index (χ4n) is 2.38. The predicted octanol–water partition coefficient (Wildman–Crippen LogP) is 2.26. The molecule has 2 atom stereocenters. The van der Waals surface area contributed by atoms with Gasteiger partial charge in [0.15, 0.2) is 11.4 Å². The van der Waals surface area contributed by atoms with E-state index < -0.39 is 28.4 Å². The van der Waals surface area contributed by atoms with E-state index in [2.05, 4.69) is 0 Å². The van der Waals surface area contributed by atoms with Gasteiger partial charge in [-0.25, -0.2) is 4.79 Å². The zero-order chi connectivity index (χ0) is 15.1. The second-order valence-corrected chi connectivity index (χ2v) is 5.23. The third-order valence-electron chi connectivity index (χ3n) is 3.20. The van der Waals surface area contributed by atoms with Gasteiger partial charge in [-0.2, -0.15) is 0 Å². The topological polar surface area (TPSA) is 98.9 Å². The van der Waals surface area contributed by atoms with Crippen molar-refractivity contribution >= 4 is 11.7 Å². The van der Waals surface area contributed by atoms with Crippen LogP contribution in [0.5, 0.6) is 0 Å². The summed E-state index contributed by atoms with van der Waals surface area (Å²) in [5, 5.41) is 20.5. The van der Waals surface area contributed by atoms with E-state index in [1.807, 2.05) is 0 Å². The van der Waals surface area contributed by atoms with Gasteiger partial charge in [0, 0.05) is 6.07 Å². The summed E-state index contributed by atoms with van der Waals surface area (Å²) >= 11 is 0. The van der Waals surface area contributed by atoms with E-state index in [1.165, 1.54) is 25.1 Å². The van der Waals surface area contributed by atoms with Crippen molar-refractivity contribution in [2.24, 2.45) is 0 Å². The quantitative estimate of drug-likeness (QED) is 0.674. The van der Waals surface area contributed by atoms with E-state index in [4.69, 9.17) is 9.47 Å². The molecule has 1 aliphatic heterocycles. The van der Waals surface area contributed by atoms with Gasteiger partial charge in [-0.1, -0.05) is 12.1 Å². The van der Waals surface area contributed by atoms with Crippen LogP contribution >= 0.6 is 0 Å². The van der Waals surface area contributed by atoms with Crippen LogP contribution in [0.3, 0.4) is 0 Å². The molecule has 1 saturated heterocycles. The molecular formula is C13H15NO6.